The lowest BCUT2D eigenvalue weighted by atomic mass is 9.92. The van der Waals surface area contributed by atoms with E-state index in [1.165, 1.54) is 0 Å². The minimum absolute atomic E-state index is 0.00858. The number of benzene rings is 1. The van der Waals surface area contributed by atoms with Crippen molar-refractivity contribution < 1.29 is 14.0 Å². The van der Waals surface area contributed by atoms with Crippen LogP contribution in [0.1, 0.15) is 29.6 Å². The fourth-order valence-electron chi connectivity index (χ4n) is 2.99. The Kier molecular flexibility index (Phi) is 4.10. The van der Waals surface area contributed by atoms with Gasteiger partial charge in [-0.3, -0.25) is 9.69 Å². The van der Waals surface area contributed by atoms with Crippen LogP contribution in [0.5, 0.6) is 0 Å². The van der Waals surface area contributed by atoms with Crippen LogP contribution in [0.2, 0.25) is 10.0 Å². The topological polar surface area (TPSA) is 62.6 Å². The highest BCUT2D eigenvalue weighted by atomic mass is 35.5. The fourth-order valence-corrected chi connectivity index (χ4v) is 3.51. The van der Waals surface area contributed by atoms with Gasteiger partial charge in [-0.1, -0.05) is 29.3 Å². The zero-order valence-corrected chi connectivity index (χ0v) is 15.0. The van der Waals surface area contributed by atoms with Crippen LogP contribution in [-0.4, -0.2) is 16.8 Å². The highest BCUT2D eigenvalue weighted by Crippen LogP contribution is 2.35. The van der Waals surface area contributed by atoms with E-state index in [0.29, 0.717) is 32.7 Å². The van der Waals surface area contributed by atoms with Crippen molar-refractivity contribution >= 4 is 35.1 Å². The first-order valence-electron chi connectivity index (χ1n) is 7.38. The Balaban J connectivity index is 1.96. The van der Waals surface area contributed by atoms with E-state index in [2.05, 4.69) is 5.32 Å². The third-order valence-electron chi connectivity index (χ3n) is 4.23. The molecule has 0 spiro atoms. The van der Waals surface area contributed by atoms with Crippen LogP contribution in [0, 0.1) is 13.8 Å². The smallest absolute Gasteiger partial charge is 0.325 e. The minimum Gasteiger partial charge on any atom is -0.466 e. The lowest BCUT2D eigenvalue weighted by Gasteiger charge is -2.21. The molecule has 1 saturated heterocycles. The first-order valence-corrected chi connectivity index (χ1v) is 8.14. The summed E-state index contributed by atoms with van der Waals surface area (Å²) in [6.07, 6.45) is 0. The normalized spacial score (nSPS) is 20.6. The van der Waals surface area contributed by atoms with E-state index in [0.717, 1.165) is 4.90 Å². The van der Waals surface area contributed by atoms with E-state index in [4.69, 9.17) is 27.6 Å². The standard InChI is InChI=1S/C17H16Cl2N2O3/c1-9-7-12(10(2)24-9)17(3)15(22)21(16(23)20-17)8-11-13(18)5-4-6-14(11)19/h4-7H,8H2,1-3H3,(H,20,23)/t17-/m1/s1. The third-order valence-corrected chi connectivity index (χ3v) is 4.94. The van der Waals surface area contributed by atoms with Gasteiger partial charge in [0.2, 0.25) is 0 Å². The molecule has 5 nitrogen and oxygen atoms in total. The molecule has 1 fully saturated rings. The molecule has 0 radical (unpaired) electrons. The van der Waals surface area contributed by atoms with Crippen LogP contribution in [0.25, 0.3) is 0 Å². The van der Waals surface area contributed by atoms with Crippen molar-refractivity contribution in [2.45, 2.75) is 32.9 Å². The second-order valence-electron chi connectivity index (χ2n) is 5.97. The lowest BCUT2D eigenvalue weighted by molar-refractivity contribution is -0.131. The molecule has 1 aromatic heterocycles. The summed E-state index contributed by atoms with van der Waals surface area (Å²) in [6, 6.07) is 6.33. The zero-order valence-electron chi connectivity index (χ0n) is 13.4. The molecule has 3 rings (SSSR count). The molecular formula is C17H16Cl2N2O3. The number of hydrogen-bond acceptors (Lipinski definition) is 3. The summed E-state index contributed by atoms with van der Waals surface area (Å²) < 4.78 is 5.50. The third kappa shape index (κ3) is 2.58. The number of furan rings is 1. The number of halogens is 2. The molecule has 1 aliphatic heterocycles. The number of amides is 3. The van der Waals surface area contributed by atoms with Gasteiger partial charge in [0.15, 0.2) is 0 Å². The minimum atomic E-state index is -1.17. The molecule has 1 N–H and O–H groups in total. The van der Waals surface area contributed by atoms with Gasteiger partial charge in [-0.05, 0) is 39.0 Å². The lowest BCUT2D eigenvalue weighted by Crippen LogP contribution is -2.41. The Morgan fingerprint density at radius 3 is 2.38 bits per heavy atom. The number of carbonyl (C=O) groups excluding carboxylic acids is 2. The number of nitrogens with one attached hydrogen (secondary N) is 1. The first kappa shape index (κ1) is 16.9. The Labute approximate surface area is 149 Å². The maximum absolute atomic E-state index is 12.9. The summed E-state index contributed by atoms with van der Waals surface area (Å²) in [6.45, 7) is 5.23. The summed E-state index contributed by atoms with van der Waals surface area (Å²) in [5.41, 5.74) is 0.00641. The number of carbonyl (C=O) groups is 2. The van der Waals surface area contributed by atoms with Gasteiger partial charge in [0.25, 0.3) is 5.91 Å². The van der Waals surface area contributed by atoms with Crippen LogP contribution in [-0.2, 0) is 16.9 Å². The van der Waals surface area contributed by atoms with Gasteiger partial charge in [-0.25, -0.2) is 4.79 Å². The van der Waals surface area contributed by atoms with Gasteiger partial charge < -0.3 is 9.73 Å². The Bertz CT molecular complexity index is 826. The van der Waals surface area contributed by atoms with Crippen molar-refractivity contribution in [1.29, 1.82) is 0 Å². The van der Waals surface area contributed by atoms with Crippen LogP contribution < -0.4 is 5.32 Å². The summed E-state index contributed by atoms with van der Waals surface area (Å²) in [5, 5.41) is 3.57. The summed E-state index contributed by atoms with van der Waals surface area (Å²) in [5.74, 6) is 0.909. The molecular weight excluding hydrogens is 351 g/mol. The van der Waals surface area contributed by atoms with E-state index in [-0.39, 0.29) is 12.5 Å². The van der Waals surface area contributed by atoms with E-state index in [1.807, 2.05) is 0 Å². The zero-order chi connectivity index (χ0) is 17.6. The Hall–Kier alpha value is -1.98. The highest BCUT2D eigenvalue weighted by Gasteiger charge is 2.50. The number of rotatable bonds is 3. The van der Waals surface area contributed by atoms with Gasteiger partial charge in [0, 0.05) is 21.2 Å². The number of imide groups is 1. The summed E-state index contributed by atoms with van der Waals surface area (Å²) in [7, 11) is 0. The molecule has 1 aliphatic rings. The van der Waals surface area contributed by atoms with Crippen molar-refractivity contribution in [2.24, 2.45) is 0 Å². The Morgan fingerprint density at radius 2 is 1.83 bits per heavy atom. The summed E-state index contributed by atoms with van der Waals surface area (Å²) in [4.78, 5) is 26.5. The highest BCUT2D eigenvalue weighted by molar-refractivity contribution is 6.36. The van der Waals surface area contributed by atoms with Gasteiger partial charge in [0.1, 0.15) is 17.1 Å². The average molecular weight is 367 g/mol. The molecule has 3 amide bonds. The van der Waals surface area contributed by atoms with Crippen molar-refractivity contribution in [2.75, 3.05) is 0 Å². The average Bonchev–Trinajstić information content (AvgIpc) is 2.94. The molecule has 0 aliphatic carbocycles. The maximum Gasteiger partial charge on any atom is 0.325 e. The van der Waals surface area contributed by atoms with Gasteiger partial charge in [-0.15, -0.1) is 0 Å². The predicted molar refractivity (Wildman–Crippen MR) is 91.1 cm³/mol. The molecule has 126 valence electrons. The van der Waals surface area contributed by atoms with Gasteiger partial charge in [-0.2, -0.15) is 0 Å². The quantitative estimate of drug-likeness (QED) is 0.829. The van der Waals surface area contributed by atoms with E-state index in [1.54, 1.807) is 45.0 Å². The number of nitrogens with zero attached hydrogens (tertiary/aromatic N) is 1. The van der Waals surface area contributed by atoms with Crippen LogP contribution >= 0.6 is 23.2 Å². The largest absolute Gasteiger partial charge is 0.466 e. The molecule has 24 heavy (non-hydrogen) atoms. The van der Waals surface area contributed by atoms with E-state index in [9.17, 15) is 9.59 Å². The molecule has 7 heteroatoms. The van der Waals surface area contributed by atoms with Crippen molar-refractivity contribution in [1.82, 2.24) is 10.2 Å². The molecule has 0 bridgehead atoms. The monoisotopic (exact) mass is 366 g/mol. The molecule has 2 heterocycles. The van der Waals surface area contributed by atoms with Gasteiger partial charge >= 0.3 is 6.03 Å². The van der Waals surface area contributed by atoms with Crippen molar-refractivity contribution in [3.8, 4) is 0 Å². The van der Waals surface area contributed by atoms with Crippen molar-refractivity contribution in [3.63, 3.8) is 0 Å². The molecule has 0 unspecified atom stereocenters. The predicted octanol–water partition coefficient (Wildman–Crippen LogP) is 4.17. The SMILES string of the molecule is Cc1cc([C@@]2(C)NC(=O)N(Cc3c(Cl)cccc3Cl)C2=O)c(C)o1. The molecule has 0 saturated carbocycles. The van der Waals surface area contributed by atoms with E-state index >= 15 is 0 Å². The molecule has 1 atom stereocenters. The van der Waals surface area contributed by atoms with Crippen LogP contribution in [0.4, 0.5) is 4.79 Å². The molecule has 1 aromatic carbocycles. The number of urea groups is 1. The first-order chi connectivity index (χ1) is 11.2. The summed E-state index contributed by atoms with van der Waals surface area (Å²) >= 11 is 12.3. The van der Waals surface area contributed by atoms with Crippen molar-refractivity contribution in [3.05, 3.63) is 57.0 Å². The molecule has 2 aromatic rings. The Morgan fingerprint density at radius 1 is 1.21 bits per heavy atom. The second kappa shape index (κ2) is 5.83. The maximum atomic E-state index is 12.9. The van der Waals surface area contributed by atoms with Crippen LogP contribution in [0.3, 0.4) is 0 Å². The second-order valence-corrected chi connectivity index (χ2v) is 6.79. The van der Waals surface area contributed by atoms with E-state index < -0.39 is 11.6 Å². The van der Waals surface area contributed by atoms with Crippen LogP contribution in [0.15, 0.2) is 28.7 Å². The number of hydrogen-bond donors (Lipinski definition) is 1. The van der Waals surface area contributed by atoms with Gasteiger partial charge in [0.05, 0.1) is 6.54 Å². The number of aryl methyl sites for hydroxylation is 2. The fraction of sp³-hybridized carbons (Fsp3) is 0.294.